The summed E-state index contributed by atoms with van der Waals surface area (Å²) >= 11 is 7.77. The molecule has 1 N–H and O–H groups in total. The molecular weight excluding hydrogens is 318 g/mol. The number of nitrogens with one attached hydrogen (secondary N) is 1. The maximum Gasteiger partial charge on any atom is 0.270 e. The first-order chi connectivity index (χ1) is 10.6. The quantitative estimate of drug-likeness (QED) is 0.857. The second kappa shape index (κ2) is 5.48. The van der Waals surface area contributed by atoms with Crippen molar-refractivity contribution in [2.45, 2.75) is 31.8 Å². The van der Waals surface area contributed by atoms with E-state index in [1.807, 2.05) is 17.5 Å². The second-order valence-corrected chi connectivity index (χ2v) is 7.55. The molecule has 0 unspecified atom stereocenters. The van der Waals surface area contributed by atoms with Crippen molar-refractivity contribution >= 4 is 38.9 Å². The number of carbonyl (C=O) groups is 1. The smallest absolute Gasteiger partial charge is 0.270 e. The van der Waals surface area contributed by atoms with Crippen LogP contribution in [0.15, 0.2) is 17.5 Å². The fourth-order valence-electron chi connectivity index (χ4n) is 3.81. The Morgan fingerprint density at radius 3 is 2.95 bits per heavy atom. The van der Waals surface area contributed by atoms with Crippen molar-refractivity contribution in [3.8, 4) is 0 Å². The van der Waals surface area contributed by atoms with Crippen molar-refractivity contribution in [3.05, 3.63) is 28.4 Å². The van der Waals surface area contributed by atoms with E-state index in [9.17, 15) is 4.79 Å². The molecule has 0 radical (unpaired) electrons. The third kappa shape index (κ3) is 2.32. The maximum absolute atomic E-state index is 12.6. The SMILES string of the molecule is C[C@H]1[C@H](NC(=O)c2cc3sccc3c(Cl)n2)C2CCN1CC2. The van der Waals surface area contributed by atoms with Crippen molar-refractivity contribution < 1.29 is 4.79 Å². The second-order valence-electron chi connectivity index (χ2n) is 6.24. The molecule has 4 nitrogen and oxygen atoms in total. The Morgan fingerprint density at radius 2 is 2.23 bits per heavy atom. The van der Waals surface area contributed by atoms with E-state index in [0.717, 1.165) is 23.2 Å². The number of amides is 1. The van der Waals surface area contributed by atoms with Crippen LogP contribution < -0.4 is 5.32 Å². The number of hydrogen-bond acceptors (Lipinski definition) is 4. The van der Waals surface area contributed by atoms with Gasteiger partial charge in [0.05, 0.1) is 0 Å². The Balaban J connectivity index is 1.58. The molecule has 3 saturated heterocycles. The average molecular weight is 336 g/mol. The zero-order valence-electron chi connectivity index (χ0n) is 12.4. The van der Waals surface area contributed by atoms with Gasteiger partial charge in [-0.1, -0.05) is 11.6 Å². The van der Waals surface area contributed by atoms with Gasteiger partial charge in [0.2, 0.25) is 0 Å². The molecule has 5 heterocycles. The van der Waals surface area contributed by atoms with Gasteiger partial charge in [-0.2, -0.15) is 0 Å². The number of halogens is 1. The van der Waals surface area contributed by atoms with E-state index in [2.05, 4.69) is 22.1 Å². The molecule has 0 spiro atoms. The molecular formula is C16H18ClN3OS. The zero-order chi connectivity index (χ0) is 15.3. The lowest BCUT2D eigenvalue weighted by Crippen LogP contribution is -2.62. The summed E-state index contributed by atoms with van der Waals surface area (Å²) in [5, 5.41) is 6.50. The molecule has 116 valence electrons. The molecule has 5 rings (SSSR count). The van der Waals surface area contributed by atoms with Crippen LogP contribution in [-0.4, -0.2) is 41.0 Å². The number of hydrogen-bond donors (Lipinski definition) is 1. The lowest BCUT2D eigenvalue weighted by atomic mass is 9.79. The summed E-state index contributed by atoms with van der Waals surface area (Å²) in [6.45, 7) is 4.52. The molecule has 0 aliphatic carbocycles. The van der Waals surface area contributed by atoms with E-state index in [-0.39, 0.29) is 11.9 Å². The molecule has 3 aliphatic heterocycles. The minimum atomic E-state index is -0.109. The van der Waals surface area contributed by atoms with Gasteiger partial charge in [0.15, 0.2) is 0 Å². The summed E-state index contributed by atoms with van der Waals surface area (Å²) in [6.07, 6.45) is 2.35. The summed E-state index contributed by atoms with van der Waals surface area (Å²) in [4.78, 5) is 19.3. The van der Waals surface area contributed by atoms with Gasteiger partial charge in [-0.3, -0.25) is 9.69 Å². The lowest BCUT2D eigenvalue weighted by Gasteiger charge is -2.49. The maximum atomic E-state index is 12.6. The van der Waals surface area contributed by atoms with Gasteiger partial charge in [0, 0.05) is 22.2 Å². The summed E-state index contributed by atoms with van der Waals surface area (Å²) in [6, 6.07) is 4.40. The minimum Gasteiger partial charge on any atom is -0.346 e. The van der Waals surface area contributed by atoms with Crippen LogP contribution in [0.3, 0.4) is 0 Å². The van der Waals surface area contributed by atoms with Crippen LogP contribution in [-0.2, 0) is 0 Å². The average Bonchev–Trinajstić information content (AvgIpc) is 3.00. The molecule has 0 aromatic carbocycles. The Morgan fingerprint density at radius 1 is 1.45 bits per heavy atom. The van der Waals surface area contributed by atoms with Gasteiger partial charge in [-0.15, -0.1) is 11.3 Å². The van der Waals surface area contributed by atoms with E-state index >= 15 is 0 Å². The molecule has 0 saturated carbocycles. The van der Waals surface area contributed by atoms with Gasteiger partial charge in [-0.05, 0) is 56.3 Å². The first-order valence-electron chi connectivity index (χ1n) is 7.72. The van der Waals surface area contributed by atoms with Gasteiger partial charge in [-0.25, -0.2) is 4.98 Å². The topological polar surface area (TPSA) is 45.2 Å². The van der Waals surface area contributed by atoms with Crippen LogP contribution >= 0.6 is 22.9 Å². The Hall–Kier alpha value is -1.17. The van der Waals surface area contributed by atoms with Crippen molar-refractivity contribution in [1.82, 2.24) is 15.2 Å². The molecule has 3 fully saturated rings. The third-order valence-corrected chi connectivity index (χ3v) is 6.26. The number of fused-ring (bicyclic) bond motifs is 4. The molecule has 2 bridgehead atoms. The zero-order valence-corrected chi connectivity index (χ0v) is 14.0. The molecule has 1 amide bonds. The molecule has 6 heteroatoms. The molecule has 22 heavy (non-hydrogen) atoms. The largest absolute Gasteiger partial charge is 0.346 e. The molecule has 2 aromatic rings. The number of piperidine rings is 3. The highest BCUT2D eigenvalue weighted by Crippen LogP contribution is 2.32. The highest BCUT2D eigenvalue weighted by atomic mass is 35.5. The predicted octanol–water partition coefficient (Wildman–Crippen LogP) is 3.16. The summed E-state index contributed by atoms with van der Waals surface area (Å²) in [5.41, 5.74) is 0.420. The third-order valence-electron chi connectivity index (χ3n) is 5.11. The van der Waals surface area contributed by atoms with Gasteiger partial charge >= 0.3 is 0 Å². The van der Waals surface area contributed by atoms with Crippen LogP contribution in [0, 0.1) is 5.92 Å². The van der Waals surface area contributed by atoms with E-state index in [0.29, 0.717) is 22.8 Å². The number of pyridine rings is 1. The number of rotatable bonds is 2. The van der Waals surface area contributed by atoms with E-state index in [4.69, 9.17) is 11.6 Å². The molecule has 2 atom stereocenters. The van der Waals surface area contributed by atoms with Crippen molar-refractivity contribution in [3.63, 3.8) is 0 Å². The van der Waals surface area contributed by atoms with E-state index < -0.39 is 0 Å². The van der Waals surface area contributed by atoms with Crippen LogP contribution in [0.5, 0.6) is 0 Å². The van der Waals surface area contributed by atoms with Crippen molar-refractivity contribution in [2.24, 2.45) is 5.92 Å². The van der Waals surface area contributed by atoms with Gasteiger partial charge in [0.25, 0.3) is 5.91 Å². The lowest BCUT2D eigenvalue weighted by molar-refractivity contribution is 0.0216. The van der Waals surface area contributed by atoms with Crippen molar-refractivity contribution in [2.75, 3.05) is 13.1 Å². The molecule has 2 aromatic heterocycles. The van der Waals surface area contributed by atoms with Gasteiger partial charge in [0.1, 0.15) is 10.8 Å². The van der Waals surface area contributed by atoms with Gasteiger partial charge < -0.3 is 5.32 Å². The van der Waals surface area contributed by atoms with Crippen molar-refractivity contribution in [1.29, 1.82) is 0 Å². The van der Waals surface area contributed by atoms with E-state index in [1.54, 1.807) is 11.3 Å². The Kier molecular flexibility index (Phi) is 3.59. The van der Waals surface area contributed by atoms with Crippen LogP contribution in [0.25, 0.3) is 10.1 Å². The number of nitrogens with zero attached hydrogens (tertiary/aromatic N) is 2. The van der Waals surface area contributed by atoms with E-state index in [1.165, 1.54) is 12.8 Å². The first-order valence-corrected chi connectivity index (χ1v) is 8.98. The first kappa shape index (κ1) is 14.4. The fourth-order valence-corrected chi connectivity index (χ4v) is 4.95. The number of thiophene rings is 1. The van der Waals surface area contributed by atoms with Crippen LogP contribution in [0.2, 0.25) is 5.15 Å². The van der Waals surface area contributed by atoms with Crippen LogP contribution in [0.4, 0.5) is 0 Å². The minimum absolute atomic E-state index is 0.109. The normalized spacial score (nSPS) is 30.6. The fraction of sp³-hybridized carbons (Fsp3) is 0.500. The predicted molar refractivity (Wildman–Crippen MR) is 89.6 cm³/mol. The Labute approximate surface area is 138 Å². The monoisotopic (exact) mass is 335 g/mol. The summed E-state index contributed by atoms with van der Waals surface area (Å²) in [5.74, 6) is 0.479. The highest BCUT2D eigenvalue weighted by Gasteiger charge is 2.40. The highest BCUT2D eigenvalue weighted by molar-refractivity contribution is 7.17. The molecule has 3 aliphatic rings. The number of aromatic nitrogens is 1. The summed E-state index contributed by atoms with van der Waals surface area (Å²) < 4.78 is 1.01. The number of carbonyl (C=O) groups excluding carboxylic acids is 1. The Bertz CT molecular complexity index is 721. The van der Waals surface area contributed by atoms with Crippen LogP contribution in [0.1, 0.15) is 30.3 Å². The summed E-state index contributed by atoms with van der Waals surface area (Å²) in [7, 11) is 0. The standard InChI is InChI=1S/C16H18ClN3OS/c1-9-14(10-2-5-20(9)6-3-10)19-16(21)12-8-13-11(4-7-22-13)15(17)18-12/h4,7-10,14H,2-3,5-6H2,1H3,(H,19,21)/t9-,14-/m0/s1.